The summed E-state index contributed by atoms with van der Waals surface area (Å²) in [5.74, 6) is 0.470. The highest BCUT2D eigenvalue weighted by atomic mass is 79.9. The molecule has 0 aromatic carbocycles. The lowest BCUT2D eigenvalue weighted by atomic mass is 10.4. The monoisotopic (exact) mass is 390 g/mol. The van der Waals surface area contributed by atoms with Gasteiger partial charge in [-0.25, -0.2) is 21.9 Å². The van der Waals surface area contributed by atoms with Gasteiger partial charge >= 0.3 is 0 Å². The molecule has 0 spiro atoms. The van der Waals surface area contributed by atoms with E-state index in [0.29, 0.717) is 12.3 Å². The van der Waals surface area contributed by atoms with Gasteiger partial charge < -0.3 is 14.5 Å². The van der Waals surface area contributed by atoms with E-state index in [1.54, 1.807) is 0 Å². The van der Waals surface area contributed by atoms with Crippen molar-refractivity contribution in [3.05, 3.63) is 16.5 Å². The second-order valence-electron chi connectivity index (χ2n) is 3.99. The topological polar surface area (TPSA) is 80.6 Å². The number of ether oxygens (including phenoxy) is 1. The van der Waals surface area contributed by atoms with Gasteiger partial charge in [-0.1, -0.05) is 6.92 Å². The molecule has 1 heterocycles. The molecule has 0 unspecified atom stereocenters. The van der Waals surface area contributed by atoms with Crippen molar-refractivity contribution in [2.45, 2.75) is 24.8 Å². The van der Waals surface area contributed by atoms with Crippen molar-refractivity contribution >= 4 is 26.0 Å². The summed E-state index contributed by atoms with van der Waals surface area (Å²) in [4.78, 5) is -0.0377. The predicted octanol–water partition coefficient (Wildman–Crippen LogP) is 1.71. The molecule has 0 saturated carbocycles. The molecule has 0 amide bonds. The molecule has 1 aromatic heterocycles. The van der Waals surface area contributed by atoms with Gasteiger partial charge in [0.05, 0.1) is 13.2 Å². The molecular weight excluding hydrogens is 374 g/mol. The van der Waals surface area contributed by atoms with Gasteiger partial charge in [0.25, 0.3) is 6.43 Å². The summed E-state index contributed by atoms with van der Waals surface area (Å²) in [5.41, 5.74) is 0. The Hall–Kier alpha value is -0.550. The summed E-state index contributed by atoms with van der Waals surface area (Å²) < 4.78 is 59.9. The van der Waals surface area contributed by atoms with Gasteiger partial charge in [0.15, 0.2) is 4.67 Å². The lowest BCUT2D eigenvalue weighted by Gasteiger charge is -2.06. The fourth-order valence-electron chi connectivity index (χ4n) is 1.41. The third-order valence-electron chi connectivity index (χ3n) is 2.33. The number of rotatable bonds is 10. The number of furan rings is 1. The van der Waals surface area contributed by atoms with E-state index >= 15 is 0 Å². The molecule has 1 aromatic rings. The highest BCUT2D eigenvalue weighted by Crippen LogP contribution is 2.25. The maximum absolute atomic E-state index is 12.0. The molecule has 122 valence electrons. The van der Waals surface area contributed by atoms with Crippen molar-refractivity contribution in [3.63, 3.8) is 0 Å². The maximum atomic E-state index is 12.0. The van der Waals surface area contributed by atoms with Gasteiger partial charge in [0, 0.05) is 12.6 Å². The molecule has 2 N–H and O–H groups in total. The highest BCUT2D eigenvalue weighted by Gasteiger charge is 2.22. The molecule has 0 aliphatic carbocycles. The first-order valence-corrected chi connectivity index (χ1v) is 8.49. The van der Waals surface area contributed by atoms with Crippen molar-refractivity contribution in [1.82, 2.24) is 10.0 Å². The lowest BCUT2D eigenvalue weighted by molar-refractivity contribution is 0.0199. The molecule has 0 aliphatic rings. The zero-order chi connectivity index (χ0) is 15.9. The maximum Gasteiger partial charge on any atom is 0.261 e. The van der Waals surface area contributed by atoms with E-state index in [9.17, 15) is 17.2 Å². The SMILES string of the molecule is CCNCc1cc(S(=O)(=O)NCCOCC(F)F)c(Br)o1. The Kier molecular flexibility index (Phi) is 7.74. The summed E-state index contributed by atoms with van der Waals surface area (Å²) in [5, 5.41) is 3.01. The first-order valence-electron chi connectivity index (χ1n) is 6.21. The van der Waals surface area contributed by atoms with Gasteiger partial charge in [0.1, 0.15) is 17.3 Å². The zero-order valence-electron chi connectivity index (χ0n) is 11.4. The Labute approximate surface area is 130 Å². The third kappa shape index (κ3) is 6.39. The molecule has 6 nitrogen and oxygen atoms in total. The van der Waals surface area contributed by atoms with E-state index in [1.165, 1.54) is 6.07 Å². The molecule has 0 bridgehead atoms. The Morgan fingerprint density at radius 1 is 1.48 bits per heavy atom. The second-order valence-corrected chi connectivity index (χ2v) is 6.45. The van der Waals surface area contributed by atoms with Gasteiger partial charge in [-0.15, -0.1) is 0 Å². The van der Waals surface area contributed by atoms with Crippen molar-refractivity contribution in [1.29, 1.82) is 0 Å². The van der Waals surface area contributed by atoms with Crippen LogP contribution in [0.25, 0.3) is 0 Å². The van der Waals surface area contributed by atoms with Crippen LogP contribution in [0.2, 0.25) is 0 Å². The minimum atomic E-state index is -3.78. The molecule has 0 aliphatic heterocycles. The van der Waals surface area contributed by atoms with Crippen LogP contribution in [0.1, 0.15) is 12.7 Å². The quantitative estimate of drug-likeness (QED) is 0.594. The van der Waals surface area contributed by atoms with Crippen LogP contribution < -0.4 is 10.0 Å². The average Bonchev–Trinajstić information content (AvgIpc) is 2.77. The minimum Gasteiger partial charge on any atom is -0.452 e. The molecule has 1 rings (SSSR count). The first-order chi connectivity index (χ1) is 9.86. The van der Waals surface area contributed by atoms with Crippen molar-refractivity contribution < 1.29 is 26.4 Å². The summed E-state index contributed by atoms with van der Waals surface area (Å²) in [6.07, 6.45) is -2.57. The van der Waals surface area contributed by atoms with Crippen molar-refractivity contribution in [2.75, 3.05) is 26.3 Å². The normalized spacial score (nSPS) is 12.2. The van der Waals surface area contributed by atoms with Crippen LogP contribution in [-0.4, -0.2) is 41.1 Å². The van der Waals surface area contributed by atoms with Crippen LogP contribution in [-0.2, 0) is 21.3 Å². The van der Waals surface area contributed by atoms with Crippen LogP contribution in [0.15, 0.2) is 20.0 Å². The van der Waals surface area contributed by atoms with Gasteiger partial charge in [0.2, 0.25) is 10.0 Å². The Morgan fingerprint density at radius 2 is 2.19 bits per heavy atom. The van der Waals surface area contributed by atoms with E-state index in [4.69, 9.17) is 4.42 Å². The number of halogens is 3. The number of alkyl halides is 2. The summed E-state index contributed by atoms with van der Waals surface area (Å²) in [7, 11) is -3.78. The molecule has 0 radical (unpaired) electrons. The largest absolute Gasteiger partial charge is 0.452 e. The predicted molar refractivity (Wildman–Crippen MR) is 75.8 cm³/mol. The third-order valence-corrected chi connectivity index (χ3v) is 4.65. The van der Waals surface area contributed by atoms with Gasteiger partial charge in [-0.3, -0.25) is 0 Å². The number of hydrogen-bond donors (Lipinski definition) is 2. The smallest absolute Gasteiger partial charge is 0.261 e. The van der Waals surface area contributed by atoms with E-state index in [0.717, 1.165) is 6.54 Å². The van der Waals surface area contributed by atoms with Crippen LogP contribution in [0, 0.1) is 0 Å². The number of nitrogens with one attached hydrogen (secondary N) is 2. The molecule has 21 heavy (non-hydrogen) atoms. The minimum absolute atomic E-state index is 0.0377. The molecule has 10 heteroatoms. The number of sulfonamides is 1. The van der Waals surface area contributed by atoms with Crippen molar-refractivity contribution in [2.24, 2.45) is 0 Å². The van der Waals surface area contributed by atoms with E-state index < -0.39 is 23.1 Å². The standard InChI is InChI=1S/C11H17BrF2N2O4S/c1-2-15-6-8-5-9(11(12)20-8)21(17,18)16-3-4-19-7-10(13)14/h5,10,15-16H,2-4,6-7H2,1H3. The van der Waals surface area contributed by atoms with E-state index in [1.807, 2.05) is 6.92 Å². The lowest BCUT2D eigenvalue weighted by Crippen LogP contribution is -2.28. The summed E-state index contributed by atoms with van der Waals surface area (Å²) in [6, 6.07) is 1.40. The summed E-state index contributed by atoms with van der Waals surface area (Å²) >= 11 is 3.04. The fourth-order valence-corrected chi connectivity index (χ4v) is 3.42. The summed E-state index contributed by atoms with van der Waals surface area (Å²) in [6.45, 7) is 2.08. The van der Waals surface area contributed by atoms with Crippen molar-refractivity contribution in [3.8, 4) is 0 Å². The van der Waals surface area contributed by atoms with E-state index in [-0.39, 0.29) is 22.7 Å². The molecule has 0 fully saturated rings. The van der Waals surface area contributed by atoms with Crippen LogP contribution in [0.3, 0.4) is 0 Å². The molecular formula is C11H17BrF2N2O4S. The molecule has 0 saturated heterocycles. The Bertz CT molecular complexity index is 536. The van der Waals surface area contributed by atoms with Crippen LogP contribution in [0.4, 0.5) is 8.78 Å². The first kappa shape index (κ1) is 18.5. The van der Waals surface area contributed by atoms with Crippen LogP contribution in [0.5, 0.6) is 0 Å². The van der Waals surface area contributed by atoms with E-state index in [2.05, 4.69) is 30.7 Å². The average molecular weight is 391 g/mol. The van der Waals surface area contributed by atoms with Crippen LogP contribution >= 0.6 is 15.9 Å². The van der Waals surface area contributed by atoms with Gasteiger partial charge in [-0.05, 0) is 22.5 Å². The van der Waals surface area contributed by atoms with Gasteiger partial charge in [-0.2, -0.15) is 0 Å². The highest BCUT2D eigenvalue weighted by molar-refractivity contribution is 9.10. The zero-order valence-corrected chi connectivity index (χ0v) is 13.8. The number of hydrogen-bond acceptors (Lipinski definition) is 5. The Balaban J connectivity index is 2.55. The molecule has 0 atom stereocenters. The fraction of sp³-hybridized carbons (Fsp3) is 0.636. The Morgan fingerprint density at radius 3 is 2.81 bits per heavy atom. The second kappa shape index (κ2) is 8.79.